The van der Waals surface area contributed by atoms with Crippen molar-refractivity contribution in [3.05, 3.63) is 35.9 Å². The van der Waals surface area contributed by atoms with Gasteiger partial charge in [-0.3, -0.25) is 4.79 Å². The number of amides is 2. The third-order valence-electron chi connectivity index (χ3n) is 3.39. The lowest BCUT2D eigenvalue weighted by atomic mass is 10.2. The fourth-order valence-electron chi connectivity index (χ4n) is 2.20. The Kier molecular flexibility index (Phi) is 4.98. The summed E-state index contributed by atoms with van der Waals surface area (Å²) in [5, 5.41) is 0. The Balaban J connectivity index is 1.84. The van der Waals surface area contributed by atoms with Crippen LogP contribution in [0.5, 0.6) is 0 Å². The van der Waals surface area contributed by atoms with Gasteiger partial charge in [0.1, 0.15) is 6.61 Å². The molecule has 5 nitrogen and oxygen atoms in total. The van der Waals surface area contributed by atoms with Crippen molar-refractivity contribution in [2.24, 2.45) is 0 Å². The maximum atomic E-state index is 12.2. The molecule has 1 aliphatic rings. The summed E-state index contributed by atoms with van der Waals surface area (Å²) in [6.07, 6.45) is 0.0272. The first-order valence-corrected chi connectivity index (χ1v) is 6.94. The molecular weight excluding hydrogens is 256 g/mol. The second-order valence-corrected chi connectivity index (χ2v) is 4.74. The van der Waals surface area contributed by atoms with Gasteiger partial charge in [0.15, 0.2) is 0 Å². The van der Waals surface area contributed by atoms with E-state index >= 15 is 0 Å². The normalized spacial score (nSPS) is 14.2. The van der Waals surface area contributed by atoms with Gasteiger partial charge in [-0.1, -0.05) is 30.3 Å². The highest BCUT2D eigenvalue weighted by molar-refractivity contribution is 5.77. The molecule has 1 aromatic rings. The molecule has 0 unspecified atom stereocenters. The molecule has 20 heavy (non-hydrogen) atoms. The van der Waals surface area contributed by atoms with Crippen molar-refractivity contribution in [3.8, 4) is 0 Å². The number of carbonyl (C=O) groups excluding carboxylic acids is 2. The van der Waals surface area contributed by atoms with E-state index in [1.54, 1.807) is 9.80 Å². The van der Waals surface area contributed by atoms with Crippen LogP contribution in [0.2, 0.25) is 0 Å². The van der Waals surface area contributed by atoms with Crippen LogP contribution in [0.15, 0.2) is 30.3 Å². The lowest BCUT2D eigenvalue weighted by molar-refractivity contribution is -0.131. The molecule has 0 bridgehead atoms. The van der Waals surface area contributed by atoms with Crippen LogP contribution in [0.4, 0.5) is 4.79 Å². The van der Waals surface area contributed by atoms with Crippen LogP contribution >= 0.6 is 0 Å². The Bertz CT molecular complexity index is 461. The first-order valence-electron chi connectivity index (χ1n) is 6.94. The molecule has 0 atom stereocenters. The zero-order valence-corrected chi connectivity index (χ0v) is 11.7. The average molecular weight is 276 g/mol. The van der Waals surface area contributed by atoms with Crippen LogP contribution < -0.4 is 0 Å². The summed E-state index contributed by atoms with van der Waals surface area (Å²) in [6, 6.07) is 9.91. The first kappa shape index (κ1) is 14.4. The van der Waals surface area contributed by atoms with E-state index in [-0.39, 0.29) is 12.0 Å². The van der Waals surface area contributed by atoms with E-state index in [4.69, 9.17) is 4.74 Å². The Morgan fingerprint density at radius 2 is 2.10 bits per heavy atom. The summed E-state index contributed by atoms with van der Waals surface area (Å²) in [5.41, 5.74) is 1.11. The SMILES string of the molecule is CCN(Cc1ccccc1)C(=O)CCN1CCOC1=O. The van der Waals surface area contributed by atoms with E-state index < -0.39 is 0 Å². The van der Waals surface area contributed by atoms with Crippen LogP contribution in [0, 0.1) is 0 Å². The number of cyclic esters (lactones) is 1. The van der Waals surface area contributed by atoms with Crippen molar-refractivity contribution in [1.82, 2.24) is 9.80 Å². The van der Waals surface area contributed by atoms with Crippen molar-refractivity contribution in [2.75, 3.05) is 26.2 Å². The van der Waals surface area contributed by atoms with E-state index in [2.05, 4.69) is 0 Å². The van der Waals surface area contributed by atoms with Crippen LogP contribution in [-0.2, 0) is 16.1 Å². The van der Waals surface area contributed by atoms with Crippen molar-refractivity contribution < 1.29 is 14.3 Å². The number of hydrogen-bond donors (Lipinski definition) is 0. The summed E-state index contributed by atoms with van der Waals surface area (Å²) in [7, 11) is 0. The molecule has 1 heterocycles. The Labute approximate surface area is 119 Å². The Hall–Kier alpha value is -2.04. The number of rotatable bonds is 6. The third kappa shape index (κ3) is 3.73. The van der Waals surface area contributed by atoms with Crippen molar-refractivity contribution >= 4 is 12.0 Å². The molecule has 5 heteroatoms. The lowest BCUT2D eigenvalue weighted by Crippen LogP contribution is -2.34. The lowest BCUT2D eigenvalue weighted by Gasteiger charge is -2.22. The molecule has 0 radical (unpaired) electrons. The molecule has 1 fully saturated rings. The monoisotopic (exact) mass is 276 g/mol. The van der Waals surface area contributed by atoms with Gasteiger partial charge in [0, 0.05) is 26.1 Å². The van der Waals surface area contributed by atoms with Crippen LogP contribution in [0.3, 0.4) is 0 Å². The second kappa shape index (κ2) is 6.93. The van der Waals surface area contributed by atoms with Gasteiger partial charge >= 0.3 is 6.09 Å². The van der Waals surface area contributed by atoms with Crippen LogP contribution in [-0.4, -0.2) is 48.0 Å². The topological polar surface area (TPSA) is 49.9 Å². The Morgan fingerprint density at radius 3 is 2.70 bits per heavy atom. The molecule has 108 valence electrons. The summed E-state index contributed by atoms with van der Waals surface area (Å²) in [6.45, 7) is 4.68. The van der Waals surface area contributed by atoms with E-state index in [0.29, 0.717) is 39.2 Å². The molecule has 1 aromatic carbocycles. The number of hydrogen-bond acceptors (Lipinski definition) is 3. The highest BCUT2D eigenvalue weighted by atomic mass is 16.6. The van der Waals surface area contributed by atoms with Crippen molar-refractivity contribution in [1.29, 1.82) is 0 Å². The van der Waals surface area contributed by atoms with Gasteiger partial charge < -0.3 is 14.5 Å². The van der Waals surface area contributed by atoms with Gasteiger partial charge in [-0.15, -0.1) is 0 Å². The zero-order chi connectivity index (χ0) is 14.4. The molecule has 0 N–H and O–H groups in total. The molecule has 0 aromatic heterocycles. The fraction of sp³-hybridized carbons (Fsp3) is 0.467. The van der Waals surface area contributed by atoms with Crippen LogP contribution in [0.25, 0.3) is 0 Å². The Morgan fingerprint density at radius 1 is 1.35 bits per heavy atom. The largest absolute Gasteiger partial charge is 0.448 e. The van der Waals surface area contributed by atoms with Crippen LogP contribution in [0.1, 0.15) is 18.9 Å². The third-order valence-corrected chi connectivity index (χ3v) is 3.39. The van der Waals surface area contributed by atoms with Crippen molar-refractivity contribution in [3.63, 3.8) is 0 Å². The van der Waals surface area contributed by atoms with Gasteiger partial charge in [-0.25, -0.2) is 4.79 Å². The molecule has 1 saturated heterocycles. The molecule has 0 spiro atoms. The van der Waals surface area contributed by atoms with Gasteiger partial charge in [-0.2, -0.15) is 0 Å². The van der Waals surface area contributed by atoms with Crippen molar-refractivity contribution in [2.45, 2.75) is 19.9 Å². The summed E-state index contributed by atoms with van der Waals surface area (Å²) >= 11 is 0. The predicted molar refractivity (Wildman–Crippen MR) is 75.1 cm³/mol. The second-order valence-electron chi connectivity index (χ2n) is 4.74. The molecule has 1 aliphatic heterocycles. The number of carbonyl (C=O) groups is 2. The van der Waals surface area contributed by atoms with Gasteiger partial charge in [0.25, 0.3) is 0 Å². The van der Waals surface area contributed by atoms with E-state index in [0.717, 1.165) is 5.56 Å². The smallest absolute Gasteiger partial charge is 0.409 e. The fourth-order valence-corrected chi connectivity index (χ4v) is 2.20. The minimum absolute atomic E-state index is 0.0658. The van der Waals surface area contributed by atoms with E-state index in [1.807, 2.05) is 37.3 Å². The number of nitrogens with zero attached hydrogens (tertiary/aromatic N) is 2. The molecule has 2 rings (SSSR count). The zero-order valence-electron chi connectivity index (χ0n) is 11.7. The predicted octanol–water partition coefficient (Wildman–Crippen LogP) is 1.88. The van der Waals surface area contributed by atoms with Gasteiger partial charge in [-0.05, 0) is 12.5 Å². The maximum absolute atomic E-state index is 12.2. The van der Waals surface area contributed by atoms with E-state index in [9.17, 15) is 9.59 Å². The molecule has 2 amide bonds. The quantitative estimate of drug-likeness (QED) is 0.797. The summed E-state index contributed by atoms with van der Waals surface area (Å²) in [4.78, 5) is 26.9. The van der Waals surface area contributed by atoms with Gasteiger partial charge in [0.05, 0.1) is 6.54 Å². The standard InChI is InChI=1S/C15H20N2O3/c1-2-16(12-13-6-4-3-5-7-13)14(18)8-9-17-10-11-20-15(17)19/h3-7H,2,8-12H2,1H3. The highest BCUT2D eigenvalue weighted by Gasteiger charge is 2.23. The minimum Gasteiger partial charge on any atom is -0.448 e. The first-order chi connectivity index (χ1) is 9.70. The minimum atomic E-state index is -0.316. The summed E-state index contributed by atoms with van der Waals surface area (Å²) < 4.78 is 4.84. The maximum Gasteiger partial charge on any atom is 0.409 e. The average Bonchev–Trinajstić information content (AvgIpc) is 2.88. The molecule has 0 saturated carbocycles. The summed E-state index contributed by atoms with van der Waals surface area (Å²) in [5.74, 6) is 0.0658. The highest BCUT2D eigenvalue weighted by Crippen LogP contribution is 2.08. The van der Waals surface area contributed by atoms with E-state index in [1.165, 1.54) is 0 Å². The van der Waals surface area contributed by atoms with Gasteiger partial charge in [0.2, 0.25) is 5.91 Å². The number of benzene rings is 1. The number of ether oxygens (including phenoxy) is 1. The molecule has 0 aliphatic carbocycles. The molecular formula is C15H20N2O3.